The predicted octanol–water partition coefficient (Wildman–Crippen LogP) is 2.14. The zero-order chi connectivity index (χ0) is 19.7. The number of aromatic nitrogens is 4. The smallest absolute Gasteiger partial charge is 0.292 e. The molecule has 8 heteroatoms. The fraction of sp³-hybridized carbons (Fsp3) is 0.0500. The van der Waals surface area contributed by atoms with Crippen LogP contribution in [0.25, 0.3) is 11.0 Å². The monoisotopic (exact) mass is 378 g/mol. The van der Waals surface area contributed by atoms with E-state index in [-0.39, 0.29) is 16.6 Å². The molecule has 2 N–H and O–H groups in total. The van der Waals surface area contributed by atoms with E-state index in [0.717, 1.165) is 12.1 Å². The Morgan fingerprint density at radius 2 is 1.68 bits per heavy atom. The first kappa shape index (κ1) is 17.4. The van der Waals surface area contributed by atoms with Crippen molar-refractivity contribution in [3.05, 3.63) is 97.8 Å². The summed E-state index contributed by atoms with van der Waals surface area (Å²) in [5.74, 6) is 3.73. The normalized spacial score (nSPS) is 10.6. The van der Waals surface area contributed by atoms with Gasteiger partial charge in [0.1, 0.15) is 22.7 Å². The van der Waals surface area contributed by atoms with Gasteiger partial charge in [0.25, 0.3) is 5.56 Å². The summed E-state index contributed by atoms with van der Waals surface area (Å²) >= 11 is 0. The third kappa shape index (κ3) is 3.21. The van der Waals surface area contributed by atoms with E-state index in [0.29, 0.717) is 10.1 Å². The van der Waals surface area contributed by atoms with Crippen LogP contribution in [-0.4, -0.2) is 19.7 Å². The molecule has 0 saturated carbocycles. The lowest BCUT2D eigenvalue weighted by atomic mass is 10.1. The number of nitrogens with zero attached hydrogens (tertiary/aromatic N) is 2. The Balaban J connectivity index is 1.72. The Bertz CT molecular complexity index is 1340. The molecule has 28 heavy (non-hydrogen) atoms. The standard InChI is InChI=1S/C20H12F2N4O2/c21-16-8-13(7-6-12-4-2-1-3-5-12)9-17(22)15(16)11-26-19(27)14-10-23-25-18(14)24-20(26)28/h1-5,8-10H,11H2,(H2,23,24,25,28). The Morgan fingerprint density at radius 3 is 2.39 bits per heavy atom. The lowest BCUT2D eigenvalue weighted by Gasteiger charge is -2.08. The molecule has 4 rings (SSSR count). The van der Waals surface area contributed by atoms with E-state index in [2.05, 4.69) is 27.0 Å². The molecule has 4 aromatic rings. The summed E-state index contributed by atoms with van der Waals surface area (Å²) in [4.78, 5) is 26.9. The molecule has 0 fully saturated rings. The number of aromatic amines is 2. The van der Waals surface area contributed by atoms with Crippen LogP contribution in [0.3, 0.4) is 0 Å². The highest BCUT2D eigenvalue weighted by molar-refractivity contribution is 5.71. The number of hydrogen-bond donors (Lipinski definition) is 2. The highest BCUT2D eigenvalue weighted by Crippen LogP contribution is 2.16. The van der Waals surface area contributed by atoms with E-state index in [1.54, 1.807) is 24.3 Å². The third-order valence-electron chi connectivity index (χ3n) is 4.17. The number of benzene rings is 2. The molecule has 2 heterocycles. The van der Waals surface area contributed by atoms with Gasteiger partial charge in [0.15, 0.2) is 0 Å². The van der Waals surface area contributed by atoms with Crippen LogP contribution in [-0.2, 0) is 6.54 Å². The van der Waals surface area contributed by atoms with Gasteiger partial charge in [-0.3, -0.25) is 19.4 Å². The first-order valence-electron chi connectivity index (χ1n) is 8.24. The molecule has 0 radical (unpaired) electrons. The quantitative estimate of drug-likeness (QED) is 0.524. The molecular formula is C20H12F2N4O2. The van der Waals surface area contributed by atoms with Crippen LogP contribution in [0.4, 0.5) is 8.78 Å². The second-order valence-electron chi connectivity index (χ2n) is 6.01. The average Bonchev–Trinajstić information content (AvgIpc) is 3.14. The van der Waals surface area contributed by atoms with Crippen molar-refractivity contribution >= 4 is 11.0 Å². The number of halogens is 2. The van der Waals surface area contributed by atoms with Crippen LogP contribution in [0.15, 0.2) is 58.3 Å². The summed E-state index contributed by atoms with van der Waals surface area (Å²) in [6.07, 6.45) is 1.24. The Morgan fingerprint density at radius 1 is 1.00 bits per heavy atom. The summed E-state index contributed by atoms with van der Waals surface area (Å²) in [5.41, 5.74) is -0.889. The summed E-state index contributed by atoms with van der Waals surface area (Å²) in [5, 5.41) is 6.26. The van der Waals surface area contributed by atoms with Crippen LogP contribution in [0.5, 0.6) is 0 Å². The maximum Gasteiger partial charge on any atom is 0.330 e. The molecule has 138 valence electrons. The second kappa shape index (κ2) is 6.96. The van der Waals surface area contributed by atoms with Gasteiger partial charge in [-0.25, -0.2) is 13.6 Å². The van der Waals surface area contributed by atoms with Crippen molar-refractivity contribution in [3.8, 4) is 11.8 Å². The number of nitrogens with one attached hydrogen (secondary N) is 2. The summed E-state index contributed by atoms with van der Waals surface area (Å²) < 4.78 is 29.7. The van der Waals surface area contributed by atoms with Crippen molar-refractivity contribution in [1.29, 1.82) is 0 Å². The van der Waals surface area contributed by atoms with Gasteiger partial charge < -0.3 is 0 Å². The number of fused-ring (bicyclic) bond motifs is 1. The summed E-state index contributed by atoms with van der Waals surface area (Å²) in [6, 6.07) is 11.1. The molecule has 0 aliphatic heterocycles. The van der Waals surface area contributed by atoms with E-state index in [4.69, 9.17) is 0 Å². The van der Waals surface area contributed by atoms with Crippen molar-refractivity contribution in [2.24, 2.45) is 0 Å². The van der Waals surface area contributed by atoms with E-state index < -0.39 is 35.0 Å². The molecule has 0 aliphatic carbocycles. The molecule has 0 aliphatic rings. The van der Waals surface area contributed by atoms with E-state index in [9.17, 15) is 18.4 Å². The molecule has 0 unspecified atom stereocenters. The minimum atomic E-state index is -0.893. The molecule has 0 atom stereocenters. The fourth-order valence-electron chi connectivity index (χ4n) is 2.75. The summed E-state index contributed by atoms with van der Waals surface area (Å²) in [7, 11) is 0. The van der Waals surface area contributed by atoms with Crippen molar-refractivity contribution in [2.75, 3.05) is 0 Å². The van der Waals surface area contributed by atoms with E-state index in [1.165, 1.54) is 6.20 Å². The maximum atomic E-state index is 14.5. The average molecular weight is 378 g/mol. The van der Waals surface area contributed by atoms with Gasteiger partial charge in [-0.2, -0.15) is 5.10 Å². The minimum Gasteiger partial charge on any atom is -0.292 e. The fourth-order valence-corrected chi connectivity index (χ4v) is 2.75. The predicted molar refractivity (Wildman–Crippen MR) is 98.9 cm³/mol. The molecule has 0 amide bonds. The maximum absolute atomic E-state index is 14.5. The van der Waals surface area contributed by atoms with Crippen LogP contribution in [0.2, 0.25) is 0 Å². The van der Waals surface area contributed by atoms with Crippen LogP contribution >= 0.6 is 0 Å². The highest BCUT2D eigenvalue weighted by Gasteiger charge is 2.15. The van der Waals surface area contributed by atoms with E-state index >= 15 is 0 Å². The van der Waals surface area contributed by atoms with Crippen molar-refractivity contribution < 1.29 is 8.78 Å². The van der Waals surface area contributed by atoms with Gasteiger partial charge in [0.2, 0.25) is 0 Å². The molecule has 2 aromatic heterocycles. The summed E-state index contributed by atoms with van der Waals surface area (Å²) in [6.45, 7) is -0.556. The SMILES string of the molecule is O=c1[nH]c2[nH]ncc2c(=O)n1Cc1c(F)cc(C#Cc2ccccc2)cc1F. The Labute approximate surface area is 156 Å². The molecule has 0 saturated heterocycles. The lowest BCUT2D eigenvalue weighted by Crippen LogP contribution is -2.35. The van der Waals surface area contributed by atoms with Crippen LogP contribution < -0.4 is 11.2 Å². The van der Waals surface area contributed by atoms with Gasteiger partial charge in [-0.05, 0) is 24.3 Å². The van der Waals surface area contributed by atoms with Gasteiger partial charge in [0, 0.05) is 16.7 Å². The van der Waals surface area contributed by atoms with Crippen LogP contribution in [0, 0.1) is 23.5 Å². The molecule has 0 bridgehead atoms. The zero-order valence-electron chi connectivity index (χ0n) is 14.3. The second-order valence-corrected chi connectivity index (χ2v) is 6.01. The third-order valence-corrected chi connectivity index (χ3v) is 4.17. The van der Waals surface area contributed by atoms with E-state index in [1.807, 2.05) is 6.07 Å². The number of H-pyrrole nitrogens is 2. The zero-order valence-corrected chi connectivity index (χ0v) is 14.3. The number of rotatable bonds is 2. The first-order chi connectivity index (χ1) is 13.5. The molecule has 6 nitrogen and oxygen atoms in total. The molecule has 0 spiro atoms. The Kier molecular flexibility index (Phi) is 4.33. The van der Waals surface area contributed by atoms with Gasteiger partial charge >= 0.3 is 5.69 Å². The lowest BCUT2D eigenvalue weighted by molar-refractivity contribution is 0.536. The van der Waals surface area contributed by atoms with Crippen molar-refractivity contribution in [3.63, 3.8) is 0 Å². The Hall–Kier alpha value is -3.99. The highest BCUT2D eigenvalue weighted by atomic mass is 19.1. The largest absolute Gasteiger partial charge is 0.330 e. The topological polar surface area (TPSA) is 83.5 Å². The van der Waals surface area contributed by atoms with Gasteiger partial charge in [-0.1, -0.05) is 30.0 Å². The van der Waals surface area contributed by atoms with Crippen molar-refractivity contribution in [2.45, 2.75) is 6.54 Å². The molecular weight excluding hydrogens is 366 g/mol. The molecule has 2 aromatic carbocycles. The number of hydrogen-bond acceptors (Lipinski definition) is 3. The van der Waals surface area contributed by atoms with Crippen molar-refractivity contribution in [1.82, 2.24) is 19.7 Å². The first-order valence-corrected chi connectivity index (χ1v) is 8.24. The van der Waals surface area contributed by atoms with Gasteiger partial charge in [0.05, 0.1) is 12.7 Å². The minimum absolute atomic E-state index is 0.116. The van der Waals surface area contributed by atoms with Crippen LogP contribution in [0.1, 0.15) is 16.7 Å². The van der Waals surface area contributed by atoms with Gasteiger partial charge in [-0.15, -0.1) is 0 Å².